The topological polar surface area (TPSA) is 267 Å². The van der Waals surface area contributed by atoms with Gasteiger partial charge in [0.05, 0.1) is 26.9 Å². The number of hydrogen-bond donors (Lipinski definition) is 6. The predicted molar refractivity (Wildman–Crippen MR) is 256 cm³/mol. The van der Waals surface area contributed by atoms with Gasteiger partial charge in [-0.05, 0) is 62.1 Å². The molecule has 0 aliphatic heterocycles. The van der Waals surface area contributed by atoms with Crippen molar-refractivity contribution in [2.45, 2.75) is 78.3 Å². The third-order valence-electron chi connectivity index (χ3n) is 11.2. The van der Waals surface area contributed by atoms with Gasteiger partial charge in [-0.3, -0.25) is 24.2 Å². The van der Waals surface area contributed by atoms with Crippen LogP contribution in [0.2, 0.25) is 10.0 Å². The molecule has 3 heterocycles. The van der Waals surface area contributed by atoms with E-state index in [0.717, 1.165) is 27.9 Å². The molecular formula is C50H50Cl2N8O10. The molecular weight excluding hydrogens is 944 g/mol. The summed E-state index contributed by atoms with van der Waals surface area (Å²) in [5.41, 5.74) is 8.03. The number of ether oxygens (including phenoxy) is 4. The Morgan fingerprint density at radius 2 is 1.16 bits per heavy atom. The number of halogens is 2. The van der Waals surface area contributed by atoms with E-state index >= 15 is 0 Å². The van der Waals surface area contributed by atoms with Gasteiger partial charge in [0.2, 0.25) is 0 Å². The molecule has 2 atom stereocenters. The number of aryl methyl sites for hydroxylation is 1. The number of rotatable bonds is 25. The number of pyridine rings is 2. The van der Waals surface area contributed by atoms with Gasteiger partial charge in [0.1, 0.15) is 79.3 Å². The van der Waals surface area contributed by atoms with Crippen molar-refractivity contribution < 1.29 is 49.0 Å². The summed E-state index contributed by atoms with van der Waals surface area (Å²) in [5, 5.41) is 67.9. The average Bonchev–Trinajstić information content (AvgIpc) is 3.63. The average molecular weight is 994 g/mol. The van der Waals surface area contributed by atoms with Crippen molar-refractivity contribution in [1.82, 2.24) is 30.4 Å². The maximum Gasteiger partial charge on any atom is 0.320 e. The lowest BCUT2D eigenvalue weighted by atomic mass is 9.98. The van der Waals surface area contributed by atoms with E-state index < -0.39 is 24.0 Å². The summed E-state index contributed by atoms with van der Waals surface area (Å²) in [6.45, 7) is 3.58. The van der Waals surface area contributed by atoms with Crippen molar-refractivity contribution in [2.24, 2.45) is 7.05 Å². The summed E-state index contributed by atoms with van der Waals surface area (Å²) >= 11 is 13.5. The fourth-order valence-electron chi connectivity index (χ4n) is 7.44. The molecule has 0 amide bonds. The summed E-state index contributed by atoms with van der Waals surface area (Å²) in [6.07, 6.45) is 6.01. The van der Waals surface area contributed by atoms with Crippen molar-refractivity contribution >= 4 is 35.1 Å². The van der Waals surface area contributed by atoms with Crippen LogP contribution in [0.3, 0.4) is 0 Å². The summed E-state index contributed by atoms with van der Waals surface area (Å²) < 4.78 is 26.7. The van der Waals surface area contributed by atoms with E-state index in [1.807, 2.05) is 39.1 Å². The Morgan fingerprint density at radius 3 is 1.63 bits per heavy atom. The maximum absolute atomic E-state index is 11.8. The first-order valence-electron chi connectivity index (χ1n) is 21.8. The molecule has 6 N–H and O–H groups in total. The Bertz CT molecular complexity index is 2920. The molecule has 364 valence electrons. The zero-order valence-electron chi connectivity index (χ0n) is 38.4. The van der Waals surface area contributed by atoms with Crippen molar-refractivity contribution in [3.8, 4) is 46.4 Å². The molecule has 0 spiro atoms. The number of aliphatic carboxylic acids is 2. The molecule has 3 aromatic heterocycles. The first-order valence-corrected chi connectivity index (χ1v) is 22.6. The van der Waals surface area contributed by atoms with Gasteiger partial charge >= 0.3 is 11.9 Å². The van der Waals surface area contributed by atoms with Gasteiger partial charge in [0, 0.05) is 104 Å². The van der Waals surface area contributed by atoms with Crippen LogP contribution in [0.15, 0.2) is 79.4 Å². The maximum atomic E-state index is 11.8. The summed E-state index contributed by atoms with van der Waals surface area (Å²) in [5.74, 6) is -0.946. The fourth-order valence-corrected chi connectivity index (χ4v) is 7.92. The van der Waals surface area contributed by atoms with Crippen LogP contribution in [0.1, 0.15) is 68.6 Å². The molecule has 0 fully saturated rings. The Hall–Kier alpha value is -7.29. The van der Waals surface area contributed by atoms with Crippen molar-refractivity contribution in [2.75, 3.05) is 13.2 Å². The lowest BCUT2D eigenvalue weighted by Crippen LogP contribution is -2.37. The van der Waals surface area contributed by atoms with E-state index in [2.05, 4.69) is 32.7 Å². The minimum absolute atomic E-state index is 0.00677. The third-order valence-corrected chi connectivity index (χ3v) is 11.8. The predicted octanol–water partition coefficient (Wildman–Crippen LogP) is 6.71. The minimum atomic E-state index is -1.12. The van der Waals surface area contributed by atoms with E-state index in [1.165, 1.54) is 12.4 Å². The van der Waals surface area contributed by atoms with Crippen LogP contribution < -0.4 is 29.6 Å². The molecule has 18 nitrogen and oxygen atoms in total. The molecule has 0 saturated heterocycles. The smallest absolute Gasteiger partial charge is 0.320 e. The normalized spacial score (nSPS) is 11.8. The number of aliphatic hydroxyl groups excluding tert-OH is 2. The molecule has 70 heavy (non-hydrogen) atoms. The molecule has 3 aromatic carbocycles. The number of aliphatic hydroxyl groups is 2. The molecule has 6 rings (SSSR count). The molecule has 0 aliphatic carbocycles. The highest BCUT2D eigenvalue weighted by Gasteiger charge is 2.23. The van der Waals surface area contributed by atoms with Gasteiger partial charge in [-0.25, -0.2) is 0 Å². The molecule has 0 bridgehead atoms. The number of nitrogens with one attached hydrogen (secondary N) is 2. The number of hydrogen-bond acceptors (Lipinski definition) is 15. The Balaban J connectivity index is 1.21. The van der Waals surface area contributed by atoms with Crippen molar-refractivity contribution in [3.05, 3.63) is 145 Å². The SMILES string of the molecule is Cc1c(COc2cc(OCc3cncc(C#N)c3)c(CNC(CCO)C(=O)O)cc2Cl)cccc1-c1c(C)c(COc2cc(OCc3cncc(C#N)c3)c(CNC(CCO)C(=O)O)cc2Cl)nn1C. The minimum Gasteiger partial charge on any atom is -0.488 e. The largest absolute Gasteiger partial charge is 0.488 e. The monoisotopic (exact) mass is 992 g/mol. The van der Waals surface area contributed by atoms with Gasteiger partial charge in [0.15, 0.2) is 0 Å². The van der Waals surface area contributed by atoms with Crippen LogP contribution in [0, 0.1) is 36.5 Å². The second-order valence-electron chi connectivity index (χ2n) is 16.0. The number of carbonyl (C=O) groups is 2. The zero-order valence-corrected chi connectivity index (χ0v) is 39.9. The second-order valence-corrected chi connectivity index (χ2v) is 16.8. The molecule has 20 heteroatoms. The van der Waals surface area contributed by atoms with Crippen molar-refractivity contribution in [1.29, 1.82) is 10.5 Å². The quantitative estimate of drug-likeness (QED) is 0.0348. The third kappa shape index (κ3) is 13.5. The van der Waals surface area contributed by atoms with Crippen LogP contribution in [0.5, 0.6) is 23.0 Å². The van der Waals surface area contributed by atoms with Gasteiger partial charge in [-0.15, -0.1) is 0 Å². The highest BCUT2D eigenvalue weighted by Crippen LogP contribution is 2.37. The molecule has 0 radical (unpaired) electrons. The van der Waals surface area contributed by atoms with Crippen LogP contribution >= 0.6 is 23.2 Å². The molecule has 6 aromatic rings. The Labute approximate surface area is 413 Å². The fraction of sp³-hybridized carbons (Fsp3) is 0.300. The van der Waals surface area contributed by atoms with Gasteiger partial charge in [0.25, 0.3) is 0 Å². The number of nitrogens with zero attached hydrogens (tertiary/aromatic N) is 6. The van der Waals surface area contributed by atoms with E-state index in [9.17, 15) is 40.5 Å². The first kappa shape index (κ1) is 52.1. The zero-order chi connectivity index (χ0) is 50.3. The highest BCUT2D eigenvalue weighted by atomic mass is 35.5. The van der Waals surface area contributed by atoms with E-state index in [0.29, 0.717) is 56.3 Å². The van der Waals surface area contributed by atoms with Crippen LogP contribution in [-0.4, -0.2) is 77.4 Å². The summed E-state index contributed by atoms with van der Waals surface area (Å²) in [6, 6.07) is 17.7. The van der Waals surface area contributed by atoms with Gasteiger partial charge in [-0.1, -0.05) is 41.4 Å². The number of carboxylic acids is 2. The summed E-state index contributed by atoms with van der Waals surface area (Å²) in [7, 11) is 1.83. The lowest BCUT2D eigenvalue weighted by Gasteiger charge is -2.19. The Kier molecular flexibility index (Phi) is 18.5. The second kappa shape index (κ2) is 24.8. The molecule has 2 unspecified atom stereocenters. The van der Waals surface area contributed by atoms with Crippen molar-refractivity contribution in [3.63, 3.8) is 0 Å². The highest BCUT2D eigenvalue weighted by molar-refractivity contribution is 6.32. The van der Waals surface area contributed by atoms with E-state index in [-0.39, 0.29) is 81.4 Å². The van der Waals surface area contributed by atoms with Gasteiger partial charge in [-0.2, -0.15) is 15.6 Å². The van der Waals surface area contributed by atoms with Gasteiger partial charge < -0.3 is 50.0 Å². The summed E-state index contributed by atoms with van der Waals surface area (Å²) in [4.78, 5) is 31.8. The van der Waals surface area contributed by atoms with Crippen LogP contribution in [0.4, 0.5) is 0 Å². The van der Waals surface area contributed by atoms with E-state index in [4.69, 9.17) is 47.2 Å². The molecule has 0 saturated carbocycles. The molecule has 0 aliphatic rings. The number of carboxylic acid groups (broad SMARTS) is 2. The number of benzene rings is 3. The lowest BCUT2D eigenvalue weighted by molar-refractivity contribution is -0.140. The van der Waals surface area contributed by atoms with E-state index in [1.54, 1.807) is 53.5 Å². The number of nitriles is 2. The number of aromatic nitrogens is 4. The Morgan fingerprint density at radius 1 is 0.671 bits per heavy atom. The van der Waals surface area contributed by atoms with Crippen LogP contribution in [0.25, 0.3) is 11.3 Å². The standard InChI is InChI=1S/C50H50Cl2N8O10/c1-29-35(27-69-46-15-44(67-25-33-11-31(17-53)19-55-21-33)36(13-39(46)51)23-57-41(7-9-61)49(63)64)5-4-6-38(29)48-30(2)43(59-60(48)3)28-70-47-16-45(68-26-34-12-32(18-54)20-56-22-34)37(14-40(47)52)24-58-42(8-10-62)50(65)66/h4-6,11-16,19-22,41-42,57-58,61-62H,7-10,23-28H2,1-3H3,(H,63,64)(H,65,66). The first-order chi connectivity index (χ1) is 33.7. The van der Waals surface area contributed by atoms with Crippen LogP contribution in [-0.2, 0) is 56.2 Å².